The van der Waals surface area contributed by atoms with Gasteiger partial charge in [0, 0.05) is 49.9 Å². The number of hydrogen-bond acceptors (Lipinski definition) is 5. The predicted molar refractivity (Wildman–Crippen MR) is 105 cm³/mol. The van der Waals surface area contributed by atoms with E-state index in [0.29, 0.717) is 13.1 Å². The molecule has 7 heteroatoms. The first-order valence-electron chi connectivity index (χ1n) is 9.44. The molecule has 6 nitrogen and oxygen atoms in total. The van der Waals surface area contributed by atoms with Gasteiger partial charge >= 0.3 is 0 Å². The van der Waals surface area contributed by atoms with Gasteiger partial charge < -0.3 is 10.2 Å². The van der Waals surface area contributed by atoms with Gasteiger partial charge in [-0.05, 0) is 36.4 Å². The van der Waals surface area contributed by atoms with Gasteiger partial charge in [-0.2, -0.15) is 0 Å². The topological polar surface area (TPSA) is 65.5 Å². The first-order valence-corrected chi connectivity index (χ1v) is 10.3. The predicted octanol–water partition coefficient (Wildman–Crippen LogP) is 2.31. The summed E-state index contributed by atoms with van der Waals surface area (Å²) < 4.78 is 0. The maximum Gasteiger partial charge on any atom is 0.261 e. The molecule has 2 aromatic rings. The lowest BCUT2D eigenvalue weighted by Crippen LogP contribution is -2.48. The van der Waals surface area contributed by atoms with Crippen LogP contribution in [0.5, 0.6) is 0 Å². The van der Waals surface area contributed by atoms with Crippen LogP contribution in [0.15, 0.2) is 41.9 Å². The third-order valence-corrected chi connectivity index (χ3v) is 6.23. The zero-order chi connectivity index (χ0) is 18.6. The third kappa shape index (κ3) is 4.36. The summed E-state index contributed by atoms with van der Waals surface area (Å²) in [4.78, 5) is 34.0. The van der Waals surface area contributed by atoms with E-state index in [9.17, 15) is 9.59 Å². The van der Waals surface area contributed by atoms with Gasteiger partial charge in [-0.3, -0.25) is 19.5 Å². The molecule has 0 radical (unpaired) electrons. The van der Waals surface area contributed by atoms with Crippen molar-refractivity contribution in [2.45, 2.75) is 31.2 Å². The van der Waals surface area contributed by atoms with Crippen molar-refractivity contribution in [2.24, 2.45) is 0 Å². The van der Waals surface area contributed by atoms with E-state index < -0.39 is 0 Å². The number of nitrogens with one attached hydrogen (secondary N) is 1. The number of nitrogens with zero attached hydrogens (tertiary/aromatic N) is 3. The minimum atomic E-state index is 0.0244. The normalized spacial score (nSPS) is 21.6. The molecule has 0 bridgehead atoms. The minimum Gasteiger partial charge on any atom is -0.349 e. The Bertz CT molecular complexity index is 773. The van der Waals surface area contributed by atoms with Crippen LogP contribution in [0.4, 0.5) is 0 Å². The highest BCUT2D eigenvalue weighted by Gasteiger charge is 2.33. The Morgan fingerprint density at radius 1 is 1.22 bits per heavy atom. The molecular formula is C20H24N4O2S. The summed E-state index contributed by atoms with van der Waals surface area (Å²) in [6.45, 7) is 3.21. The second-order valence-corrected chi connectivity index (χ2v) is 8.20. The van der Waals surface area contributed by atoms with Crippen LogP contribution in [0.3, 0.4) is 0 Å². The average molecular weight is 385 g/mol. The first-order chi connectivity index (χ1) is 13.2. The van der Waals surface area contributed by atoms with E-state index in [0.717, 1.165) is 43.0 Å². The quantitative estimate of drug-likeness (QED) is 0.859. The van der Waals surface area contributed by atoms with E-state index in [-0.39, 0.29) is 23.8 Å². The lowest BCUT2D eigenvalue weighted by Gasteiger charge is -2.34. The fraction of sp³-hybridized carbons (Fsp3) is 0.450. The SMILES string of the molecule is O=C(NC1CCN(CN2C[C@@H](c3ccccn3)CC2=O)CC1)c1cccs1. The number of piperidine rings is 1. The van der Waals surface area contributed by atoms with Crippen molar-refractivity contribution in [3.8, 4) is 0 Å². The molecule has 2 fully saturated rings. The lowest BCUT2D eigenvalue weighted by atomic mass is 10.0. The molecule has 0 saturated carbocycles. The number of amides is 2. The molecule has 2 aromatic heterocycles. The van der Waals surface area contributed by atoms with Crippen molar-refractivity contribution in [3.63, 3.8) is 0 Å². The van der Waals surface area contributed by atoms with Crippen LogP contribution in [0.1, 0.15) is 40.5 Å². The van der Waals surface area contributed by atoms with Crippen molar-refractivity contribution in [2.75, 3.05) is 26.3 Å². The fourth-order valence-corrected chi connectivity index (χ4v) is 4.48. The molecule has 2 amide bonds. The number of thiophene rings is 1. The number of carbonyl (C=O) groups is 2. The molecule has 27 heavy (non-hydrogen) atoms. The summed E-state index contributed by atoms with van der Waals surface area (Å²) in [5.74, 6) is 0.427. The van der Waals surface area contributed by atoms with Crippen molar-refractivity contribution in [1.82, 2.24) is 20.1 Å². The Labute approximate surface area is 163 Å². The monoisotopic (exact) mass is 384 g/mol. The van der Waals surface area contributed by atoms with Crippen molar-refractivity contribution in [3.05, 3.63) is 52.5 Å². The van der Waals surface area contributed by atoms with Crippen molar-refractivity contribution < 1.29 is 9.59 Å². The van der Waals surface area contributed by atoms with Crippen LogP contribution in [0.2, 0.25) is 0 Å². The Hall–Kier alpha value is -2.25. The zero-order valence-electron chi connectivity index (χ0n) is 15.2. The summed E-state index contributed by atoms with van der Waals surface area (Å²) in [7, 11) is 0. The molecule has 0 aromatic carbocycles. The van der Waals surface area contributed by atoms with E-state index >= 15 is 0 Å². The molecule has 1 N–H and O–H groups in total. The zero-order valence-corrected chi connectivity index (χ0v) is 16.0. The number of rotatable bonds is 5. The van der Waals surface area contributed by atoms with Crippen LogP contribution >= 0.6 is 11.3 Å². The van der Waals surface area contributed by atoms with E-state index in [4.69, 9.17) is 0 Å². The molecule has 1 atom stereocenters. The van der Waals surface area contributed by atoms with Gasteiger partial charge in [0.2, 0.25) is 5.91 Å². The van der Waals surface area contributed by atoms with Crippen LogP contribution < -0.4 is 5.32 Å². The van der Waals surface area contributed by atoms with Gasteiger partial charge in [0.15, 0.2) is 0 Å². The maximum atomic E-state index is 12.4. The summed E-state index contributed by atoms with van der Waals surface area (Å²) in [6.07, 6.45) is 4.17. The number of carbonyl (C=O) groups excluding carboxylic acids is 2. The molecule has 142 valence electrons. The standard InChI is InChI=1S/C20H24N4O2S/c25-19-12-15(17-4-1-2-8-21-17)13-24(19)14-23-9-6-16(7-10-23)22-20(26)18-5-3-11-27-18/h1-5,8,11,15-16H,6-7,9-10,12-14H2,(H,22,26)/t15-/m0/s1. The van der Waals surface area contributed by atoms with E-state index in [1.807, 2.05) is 40.6 Å². The molecule has 2 aliphatic rings. The number of hydrogen-bond donors (Lipinski definition) is 1. The molecule has 2 aliphatic heterocycles. The highest BCUT2D eigenvalue weighted by Crippen LogP contribution is 2.27. The van der Waals surface area contributed by atoms with Crippen LogP contribution in [-0.4, -0.2) is 58.9 Å². The highest BCUT2D eigenvalue weighted by molar-refractivity contribution is 7.12. The molecular weight excluding hydrogens is 360 g/mol. The molecule has 2 saturated heterocycles. The number of likely N-dealkylation sites (tertiary alicyclic amines) is 2. The third-order valence-electron chi connectivity index (χ3n) is 5.36. The van der Waals surface area contributed by atoms with E-state index in [1.165, 1.54) is 11.3 Å². The fourth-order valence-electron chi connectivity index (χ4n) is 3.85. The Morgan fingerprint density at radius 3 is 2.78 bits per heavy atom. The van der Waals surface area contributed by atoms with Crippen LogP contribution in [-0.2, 0) is 4.79 Å². The van der Waals surface area contributed by atoms with E-state index in [2.05, 4.69) is 15.2 Å². The molecule has 4 rings (SSSR count). The summed E-state index contributed by atoms with van der Waals surface area (Å²) in [6, 6.07) is 9.85. The Kier molecular flexibility index (Phi) is 5.50. The molecule has 0 aliphatic carbocycles. The van der Waals surface area contributed by atoms with Gasteiger partial charge in [-0.25, -0.2) is 0 Å². The van der Waals surface area contributed by atoms with Gasteiger partial charge in [-0.15, -0.1) is 11.3 Å². The second kappa shape index (κ2) is 8.19. The van der Waals surface area contributed by atoms with Gasteiger partial charge in [-0.1, -0.05) is 12.1 Å². The molecule has 0 spiro atoms. The van der Waals surface area contributed by atoms with Gasteiger partial charge in [0.05, 0.1) is 11.5 Å². The van der Waals surface area contributed by atoms with Crippen molar-refractivity contribution >= 4 is 23.2 Å². The van der Waals surface area contributed by atoms with Gasteiger partial charge in [0.1, 0.15) is 0 Å². The lowest BCUT2D eigenvalue weighted by molar-refractivity contribution is -0.129. The summed E-state index contributed by atoms with van der Waals surface area (Å²) in [5.41, 5.74) is 1.00. The van der Waals surface area contributed by atoms with Gasteiger partial charge in [0.25, 0.3) is 5.91 Å². The second-order valence-electron chi connectivity index (χ2n) is 7.26. The summed E-state index contributed by atoms with van der Waals surface area (Å²) in [5, 5.41) is 5.05. The Balaban J connectivity index is 1.24. The average Bonchev–Trinajstić information content (AvgIpc) is 3.35. The largest absolute Gasteiger partial charge is 0.349 e. The van der Waals surface area contributed by atoms with Crippen LogP contribution in [0, 0.1) is 0 Å². The Morgan fingerprint density at radius 2 is 2.07 bits per heavy atom. The molecule has 4 heterocycles. The molecule has 0 unspecified atom stereocenters. The maximum absolute atomic E-state index is 12.4. The summed E-state index contributed by atoms with van der Waals surface area (Å²) >= 11 is 1.47. The minimum absolute atomic E-state index is 0.0244. The number of pyridine rings is 1. The van der Waals surface area contributed by atoms with E-state index in [1.54, 1.807) is 6.20 Å². The van der Waals surface area contributed by atoms with Crippen LogP contribution in [0.25, 0.3) is 0 Å². The smallest absolute Gasteiger partial charge is 0.261 e. The first kappa shape index (κ1) is 18.1. The number of aromatic nitrogens is 1. The van der Waals surface area contributed by atoms with Crippen molar-refractivity contribution in [1.29, 1.82) is 0 Å². The highest BCUT2D eigenvalue weighted by atomic mass is 32.1.